The highest BCUT2D eigenvalue weighted by atomic mass is 32.2. The lowest BCUT2D eigenvalue weighted by Gasteiger charge is -2.27. The Morgan fingerprint density at radius 1 is 1.15 bits per heavy atom. The Morgan fingerprint density at radius 2 is 1.95 bits per heavy atom. The van der Waals surface area contributed by atoms with Crippen molar-refractivity contribution < 1.29 is 13.2 Å². The fourth-order valence-electron chi connectivity index (χ4n) is 4.67. The first-order valence-electron chi connectivity index (χ1n) is 13.2. The number of piperidine rings is 1. The SMILES string of the molecule is CC(C)c1cnn2c(NCc3ccccc3-n3cccn3)nc(OCCN(C)S(=O)(=O)C3CCNCC3)nc12. The summed E-state index contributed by atoms with van der Waals surface area (Å²) in [4.78, 5) is 9.20. The zero-order chi connectivity index (χ0) is 27.4. The van der Waals surface area contributed by atoms with Gasteiger partial charge in [0, 0.05) is 38.1 Å². The molecule has 0 bridgehead atoms. The number of fused-ring (bicyclic) bond motifs is 1. The molecule has 0 unspecified atom stereocenters. The van der Waals surface area contributed by atoms with E-state index in [1.807, 2.05) is 41.2 Å². The van der Waals surface area contributed by atoms with E-state index >= 15 is 0 Å². The molecule has 1 aliphatic heterocycles. The van der Waals surface area contributed by atoms with Gasteiger partial charge in [0.2, 0.25) is 16.0 Å². The highest BCUT2D eigenvalue weighted by Crippen LogP contribution is 2.24. The van der Waals surface area contributed by atoms with Crippen LogP contribution in [0, 0.1) is 0 Å². The van der Waals surface area contributed by atoms with Crippen molar-refractivity contribution in [2.75, 3.05) is 38.6 Å². The van der Waals surface area contributed by atoms with Crippen LogP contribution in [0.5, 0.6) is 6.01 Å². The molecule has 1 saturated heterocycles. The van der Waals surface area contributed by atoms with Gasteiger partial charge >= 0.3 is 6.01 Å². The Morgan fingerprint density at radius 3 is 2.69 bits per heavy atom. The van der Waals surface area contributed by atoms with Crippen molar-refractivity contribution >= 4 is 21.6 Å². The molecule has 0 radical (unpaired) electrons. The van der Waals surface area contributed by atoms with Crippen LogP contribution in [-0.2, 0) is 16.6 Å². The van der Waals surface area contributed by atoms with Crippen LogP contribution in [0.3, 0.4) is 0 Å². The Hall–Kier alpha value is -3.55. The molecule has 1 fully saturated rings. The number of aromatic nitrogens is 6. The Kier molecular flexibility index (Phi) is 8.10. The van der Waals surface area contributed by atoms with E-state index < -0.39 is 10.0 Å². The summed E-state index contributed by atoms with van der Waals surface area (Å²) in [5.41, 5.74) is 3.59. The number of nitrogens with one attached hydrogen (secondary N) is 2. The maximum atomic E-state index is 13.0. The van der Waals surface area contributed by atoms with E-state index in [1.54, 1.807) is 24.0 Å². The maximum Gasteiger partial charge on any atom is 0.321 e. The van der Waals surface area contributed by atoms with Crippen LogP contribution in [0.15, 0.2) is 48.9 Å². The molecule has 0 amide bonds. The van der Waals surface area contributed by atoms with Crippen molar-refractivity contribution in [1.82, 2.24) is 39.0 Å². The molecule has 12 nitrogen and oxygen atoms in total. The number of benzene rings is 1. The van der Waals surface area contributed by atoms with E-state index in [0.717, 1.165) is 16.8 Å². The smallest absolute Gasteiger partial charge is 0.321 e. The number of ether oxygens (including phenoxy) is 1. The van der Waals surface area contributed by atoms with Crippen LogP contribution >= 0.6 is 0 Å². The Labute approximate surface area is 228 Å². The molecule has 0 aliphatic carbocycles. The predicted octanol–water partition coefficient (Wildman–Crippen LogP) is 2.44. The second-order valence-electron chi connectivity index (χ2n) is 9.92. The number of anilines is 1. The number of rotatable bonds is 11. The lowest BCUT2D eigenvalue weighted by Crippen LogP contribution is -2.43. The summed E-state index contributed by atoms with van der Waals surface area (Å²) in [6, 6.07) is 10.0. The van der Waals surface area contributed by atoms with Crippen LogP contribution in [-0.4, -0.2) is 80.6 Å². The molecule has 5 rings (SSSR count). The second kappa shape index (κ2) is 11.7. The second-order valence-corrected chi connectivity index (χ2v) is 12.2. The Bertz CT molecular complexity index is 1500. The molecule has 0 spiro atoms. The van der Waals surface area contributed by atoms with Crippen molar-refractivity contribution in [2.45, 2.75) is 44.4 Å². The summed E-state index contributed by atoms with van der Waals surface area (Å²) in [5.74, 6) is 0.674. The van der Waals surface area contributed by atoms with Crippen molar-refractivity contribution in [3.63, 3.8) is 0 Å². The van der Waals surface area contributed by atoms with Crippen LogP contribution in [0.25, 0.3) is 11.3 Å². The van der Waals surface area contributed by atoms with Gasteiger partial charge in [-0.15, -0.1) is 0 Å². The molecular formula is C26H35N9O3S. The lowest BCUT2D eigenvalue weighted by molar-refractivity contribution is 0.266. The molecule has 4 aromatic rings. The molecule has 1 aromatic carbocycles. The number of nitrogens with zero attached hydrogens (tertiary/aromatic N) is 7. The third-order valence-corrected chi connectivity index (χ3v) is 9.32. The Balaban J connectivity index is 1.34. The molecule has 39 heavy (non-hydrogen) atoms. The van der Waals surface area contributed by atoms with E-state index in [0.29, 0.717) is 44.1 Å². The van der Waals surface area contributed by atoms with Crippen molar-refractivity contribution in [1.29, 1.82) is 0 Å². The van der Waals surface area contributed by atoms with Gasteiger partial charge in [-0.3, -0.25) is 0 Å². The van der Waals surface area contributed by atoms with Gasteiger partial charge in [-0.25, -0.2) is 17.4 Å². The minimum Gasteiger partial charge on any atom is -0.462 e. The zero-order valence-corrected chi connectivity index (χ0v) is 23.3. The lowest BCUT2D eigenvalue weighted by atomic mass is 10.1. The van der Waals surface area contributed by atoms with Gasteiger partial charge in [-0.05, 0) is 49.5 Å². The van der Waals surface area contributed by atoms with Crippen LogP contribution in [0.4, 0.5) is 5.95 Å². The summed E-state index contributed by atoms with van der Waals surface area (Å²) >= 11 is 0. The van der Waals surface area contributed by atoms with E-state index in [2.05, 4.69) is 44.6 Å². The topological polar surface area (TPSA) is 132 Å². The van der Waals surface area contributed by atoms with Crippen molar-refractivity contribution in [3.05, 3.63) is 60.0 Å². The van der Waals surface area contributed by atoms with Crippen molar-refractivity contribution in [2.24, 2.45) is 0 Å². The molecule has 0 atom stereocenters. The molecule has 4 heterocycles. The van der Waals surface area contributed by atoms with Gasteiger partial charge in [0.25, 0.3) is 0 Å². The first kappa shape index (κ1) is 27.0. The minimum absolute atomic E-state index is 0.129. The molecule has 208 valence electrons. The average molecular weight is 554 g/mol. The quantitative estimate of drug-likeness (QED) is 0.287. The van der Waals surface area contributed by atoms with Gasteiger partial charge in [0.15, 0.2) is 5.65 Å². The fraction of sp³-hybridized carbons (Fsp3) is 0.462. The fourth-order valence-corrected chi connectivity index (χ4v) is 6.34. The number of para-hydroxylation sites is 1. The largest absolute Gasteiger partial charge is 0.462 e. The van der Waals surface area contributed by atoms with Gasteiger partial charge < -0.3 is 15.4 Å². The maximum absolute atomic E-state index is 13.0. The molecule has 1 aliphatic rings. The predicted molar refractivity (Wildman–Crippen MR) is 149 cm³/mol. The monoisotopic (exact) mass is 553 g/mol. The highest BCUT2D eigenvalue weighted by Gasteiger charge is 2.30. The number of hydrogen-bond acceptors (Lipinski definition) is 9. The van der Waals surface area contributed by atoms with Crippen LogP contribution in [0.1, 0.15) is 43.7 Å². The van der Waals surface area contributed by atoms with Gasteiger partial charge in [-0.1, -0.05) is 32.0 Å². The van der Waals surface area contributed by atoms with Crippen LogP contribution in [0.2, 0.25) is 0 Å². The first-order chi connectivity index (χ1) is 18.8. The standard InChI is InChI=1S/C26H35N9O3S/c1-19(2)22-18-30-35-24(22)31-26(38-16-15-33(3)39(36,37)21-9-12-27-13-10-21)32-25(35)28-17-20-7-4-5-8-23(20)34-14-6-11-29-34/h4-8,11,14,18-19,21,27H,9-10,12-13,15-17H2,1-3H3,(H,28,31,32). The summed E-state index contributed by atoms with van der Waals surface area (Å²) in [6.07, 6.45) is 6.67. The molecular weight excluding hydrogens is 518 g/mol. The van der Waals surface area contributed by atoms with Gasteiger partial charge in [0.05, 0.1) is 17.1 Å². The number of sulfonamides is 1. The van der Waals surface area contributed by atoms with E-state index in [4.69, 9.17) is 4.74 Å². The molecule has 0 saturated carbocycles. The third kappa shape index (κ3) is 5.89. The molecule has 3 aromatic heterocycles. The van der Waals surface area contributed by atoms with Gasteiger partial charge in [-0.2, -0.15) is 24.7 Å². The normalized spacial score (nSPS) is 14.9. The van der Waals surface area contributed by atoms with Crippen molar-refractivity contribution in [3.8, 4) is 11.7 Å². The highest BCUT2D eigenvalue weighted by molar-refractivity contribution is 7.89. The molecule has 13 heteroatoms. The molecule has 2 N–H and O–H groups in total. The number of likely N-dealkylation sites (N-methyl/N-ethyl adjacent to an activating group) is 1. The summed E-state index contributed by atoms with van der Waals surface area (Å²) in [7, 11) is -1.79. The summed E-state index contributed by atoms with van der Waals surface area (Å²) < 4.78 is 36.7. The number of hydrogen-bond donors (Lipinski definition) is 2. The van der Waals surface area contributed by atoms with Gasteiger partial charge in [0.1, 0.15) is 6.61 Å². The first-order valence-corrected chi connectivity index (χ1v) is 14.7. The van der Waals surface area contributed by atoms with E-state index in [-0.39, 0.29) is 30.3 Å². The summed E-state index contributed by atoms with van der Waals surface area (Å²) in [6.45, 7) is 6.39. The van der Waals surface area contributed by atoms with Crippen LogP contribution < -0.4 is 15.4 Å². The summed E-state index contributed by atoms with van der Waals surface area (Å²) in [5, 5.41) is 15.1. The minimum atomic E-state index is -3.39. The van der Waals surface area contributed by atoms with E-state index in [9.17, 15) is 8.42 Å². The zero-order valence-electron chi connectivity index (χ0n) is 22.5. The average Bonchev–Trinajstić information content (AvgIpc) is 3.63. The third-order valence-electron chi connectivity index (χ3n) is 6.96. The van der Waals surface area contributed by atoms with E-state index in [1.165, 1.54) is 4.31 Å².